The van der Waals surface area contributed by atoms with Crippen LogP contribution in [0.5, 0.6) is 0 Å². The molecule has 1 aromatic heterocycles. The summed E-state index contributed by atoms with van der Waals surface area (Å²) in [7, 11) is 0. The highest BCUT2D eigenvalue weighted by molar-refractivity contribution is 5.86. The minimum Gasteiger partial charge on any atom is -0.423 e. The molecule has 2 rings (SSSR count). The summed E-state index contributed by atoms with van der Waals surface area (Å²) in [6, 6.07) is 5.96. The zero-order valence-corrected chi connectivity index (χ0v) is 9.19. The number of nitrogens with zero attached hydrogens (tertiary/aromatic N) is 1. The maximum atomic E-state index is 5.77. The number of ether oxygens (including phenoxy) is 1. The van der Waals surface area contributed by atoms with Crippen molar-refractivity contribution in [2.45, 2.75) is 6.92 Å². The van der Waals surface area contributed by atoms with Gasteiger partial charge in [0, 0.05) is 13.2 Å². The molecule has 0 amide bonds. The monoisotopic (exact) mass is 221 g/mol. The first-order valence-corrected chi connectivity index (χ1v) is 5.28. The van der Waals surface area contributed by atoms with Gasteiger partial charge in [0.1, 0.15) is 5.52 Å². The Morgan fingerprint density at radius 1 is 1.50 bits per heavy atom. The molecule has 0 radical (unpaired) electrons. The van der Waals surface area contributed by atoms with Gasteiger partial charge in [-0.1, -0.05) is 6.07 Å². The van der Waals surface area contributed by atoms with Crippen molar-refractivity contribution in [3.63, 3.8) is 0 Å². The Hall–Kier alpha value is -1.75. The third-order valence-corrected chi connectivity index (χ3v) is 2.18. The van der Waals surface area contributed by atoms with Crippen molar-refractivity contribution in [2.24, 2.45) is 0 Å². The number of anilines is 2. The van der Waals surface area contributed by atoms with Crippen molar-refractivity contribution >= 4 is 22.8 Å². The van der Waals surface area contributed by atoms with E-state index in [2.05, 4.69) is 10.3 Å². The Morgan fingerprint density at radius 3 is 3.12 bits per heavy atom. The quantitative estimate of drug-likeness (QED) is 0.595. The number of rotatable bonds is 5. The topological polar surface area (TPSA) is 73.3 Å². The molecule has 86 valence electrons. The molecule has 0 spiro atoms. The Kier molecular flexibility index (Phi) is 3.26. The average molecular weight is 221 g/mol. The standard InChI is InChI=1S/C11H15N3O2/c1-2-15-7-6-13-11-14-10-8(12)4-3-5-9(10)16-11/h3-5H,2,6-7,12H2,1H3,(H,13,14). The van der Waals surface area contributed by atoms with Crippen molar-refractivity contribution in [2.75, 3.05) is 30.8 Å². The number of aromatic nitrogens is 1. The molecular formula is C11H15N3O2. The third kappa shape index (κ3) is 2.25. The summed E-state index contributed by atoms with van der Waals surface area (Å²) in [6.45, 7) is 3.97. The number of fused-ring (bicyclic) bond motifs is 1. The molecule has 0 unspecified atom stereocenters. The van der Waals surface area contributed by atoms with E-state index in [1.165, 1.54) is 0 Å². The van der Waals surface area contributed by atoms with Gasteiger partial charge in [0.2, 0.25) is 0 Å². The van der Waals surface area contributed by atoms with Gasteiger partial charge in [-0.2, -0.15) is 4.98 Å². The van der Waals surface area contributed by atoms with Crippen LogP contribution in [0.15, 0.2) is 22.6 Å². The lowest BCUT2D eigenvalue weighted by Gasteiger charge is -2.00. The molecule has 0 bridgehead atoms. The van der Waals surface area contributed by atoms with Gasteiger partial charge in [-0.3, -0.25) is 0 Å². The van der Waals surface area contributed by atoms with E-state index >= 15 is 0 Å². The van der Waals surface area contributed by atoms with Gasteiger partial charge in [0.25, 0.3) is 6.01 Å². The third-order valence-electron chi connectivity index (χ3n) is 2.18. The van der Waals surface area contributed by atoms with Gasteiger partial charge in [0.05, 0.1) is 12.3 Å². The van der Waals surface area contributed by atoms with Crippen molar-refractivity contribution in [1.29, 1.82) is 0 Å². The fourth-order valence-electron chi connectivity index (χ4n) is 1.42. The lowest BCUT2D eigenvalue weighted by atomic mass is 10.3. The molecule has 2 aromatic rings. The van der Waals surface area contributed by atoms with E-state index in [0.29, 0.717) is 42.6 Å². The van der Waals surface area contributed by atoms with E-state index in [0.717, 1.165) is 0 Å². The lowest BCUT2D eigenvalue weighted by Crippen LogP contribution is -2.09. The predicted molar refractivity (Wildman–Crippen MR) is 63.4 cm³/mol. The Labute approximate surface area is 93.6 Å². The van der Waals surface area contributed by atoms with Crippen molar-refractivity contribution in [3.05, 3.63) is 18.2 Å². The molecule has 0 atom stereocenters. The van der Waals surface area contributed by atoms with Gasteiger partial charge < -0.3 is 20.2 Å². The molecule has 0 aliphatic rings. The summed E-state index contributed by atoms with van der Waals surface area (Å²) in [6.07, 6.45) is 0. The molecule has 3 N–H and O–H groups in total. The first-order valence-electron chi connectivity index (χ1n) is 5.28. The molecular weight excluding hydrogens is 206 g/mol. The van der Waals surface area contributed by atoms with Crippen LogP contribution in [-0.2, 0) is 4.74 Å². The number of benzene rings is 1. The van der Waals surface area contributed by atoms with E-state index in [1.807, 2.05) is 19.1 Å². The van der Waals surface area contributed by atoms with Crippen molar-refractivity contribution in [1.82, 2.24) is 4.98 Å². The maximum absolute atomic E-state index is 5.77. The molecule has 0 fully saturated rings. The molecule has 5 heteroatoms. The fourth-order valence-corrected chi connectivity index (χ4v) is 1.42. The van der Waals surface area contributed by atoms with Crippen LogP contribution in [0.1, 0.15) is 6.92 Å². The number of hydrogen-bond donors (Lipinski definition) is 2. The fraction of sp³-hybridized carbons (Fsp3) is 0.364. The minimum absolute atomic E-state index is 0.479. The second-order valence-electron chi connectivity index (χ2n) is 3.34. The van der Waals surface area contributed by atoms with Crippen LogP contribution in [0.2, 0.25) is 0 Å². The van der Waals surface area contributed by atoms with Crippen LogP contribution in [0.3, 0.4) is 0 Å². The normalized spacial score (nSPS) is 10.8. The number of hydrogen-bond acceptors (Lipinski definition) is 5. The van der Waals surface area contributed by atoms with Crippen LogP contribution in [0.25, 0.3) is 11.1 Å². The molecule has 0 saturated heterocycles. The highest BCUT2D eigenvalue weighted by atomic mass is 16.5. The van der Waals surface area contributed by atoms with Gasteiger partial charge in [0.15, 0.2) is 5.58 Å². The molecule has 0 aliphatic carbocycles. The summed E-state index contributed by atoms with van der Waals surface area (Å²) < 4.78 is 10.7. The first kappa shape index (κ1) is 10.8. The van der Waals surface area contributed by atoms with Crippen LogP contribution >= 0.6 is 0 Å². The van der Waals surface area contributed by atoms with E-state index in [-0.39, 0.29) is 0 Å². The van der Waals surface area contributed by atoms with E-state index in [4.69, 9.17) is 14.9 Å². The van der Waals surface area contributed by atoms with Crippen LogP contribution in [-0.4, -0.2) is 24.7 Å². The highest BCUT2D eigenvalue weighted by Crippen LogP contribution is 2.23. The summed E-state index contributed by atoms with van der Waals surface area (Å²) >= 11 is 0. The number of nitrogens with two attached hydrogens (primary N) is 1. The van der Waals surface area contributed by atoms with E-state index in [1.54, 1.807) is 6.07 Å². The SMILES string of the molecule is CCOCCNc1nc2c(N)cccc2o1. The Balaban J connectivity index is 2.05. The van der Waals surface area contributed by atoms with Crippen molar-refractivity contribution < 1.29 is 9.15 Å². The molecule has 0 saturated carbocycles. The average Bonchev–Trinajstić information content (AvgIpc) is 2.69. The molecule has 0 aliphatic heterocycles. The predicted octanol–water partition coefficient (Wildman–Crippen LogP) is 1.86. The number of oxazole rings is 1. The summed E-state index contributed by atoms with van der Waals surface area (Å²) in [5.41, 5.74) is 7.78. The van der Waals surface area contributed by atoms with Crippen molar-refractivity contribution in [3.8, 4) is 0 Å². The molecule has 1 aromatic carbocycles. The molecule has 5 nitrogen and oxygen atoms in total. The second kappa shape index (κ2) is 4.85. The van der Waals surface area contributed by atoms with Crippen LogP contribution < -0.4 is 11.1 Å². The minimum atomic E-state index is 0.479. The first-order chi connectivity index (χ1) is 7.81. The number of nitrogen functional groups attached to an aromatic ring is 1. The summed E-state index contributed by atoms with van der Waals surface area (Å²) in [5, 5.41) is 3.04. The van der Waals surface area contributed by atoms with Gasteiger partial charge in [-0.05, 0) is 19.1 Å². The van der Waals surface area contributed by atoms with Crippen LogP contribution in [0, 0.1) is 0 Å². The zero-order valence-electron chi connectivity index (χ0n) is 9.19. The Bertz CT molecular complexity index is 467. The summed E-state index contributed by atoms with van der Waals surface area (Å²) in [5.74, 6) is 0. The van der Waals surface area contributed by atoms with Gasteiger partial charge in [-0.25, -0.2) is 0 Å². The highest BCUT2D eigenvalue weighted by Gasteiger charge is 2.06. The van der Waals surface area contributed by atoms with Crippen LogP contribution in [0.4, 0.5) is 11.7 Å². The second-order valence-corrected chi connectivity index (χ2v) is 3.34. The van der Waals surface area contributed by atoms with E-state index < -0.39 is 0 Å². The largest absolute Gasteiger partial charge is 0.423 e. The lowest BCUT2D eigenvalue weighted by molar-refractivity contribution is 0.157. The summed E-state index contributed by atoms with van der Waals surface area (Å²) in [4.78, 5) is 4.25. The Morgan fingerprint density at radius 2 is 2.38 bits per heavy atom. The van der Waals surface area contributed by atoms with Gasteiger partial charge >= 0.3 is 0 Å². The number of para-hydroxylation sites is 1. The smallest absolute Gasteiger partial charge is 0.295 e. The maximum Gasteiger partial charge on any atom is 0.295 e. The molecule has 1 heterocycles. The molecule has 16 heavy (non-hydrogen) atoms. The van der Waals surface area contributed by atoms with Gasteiger partial charge in [-0.15, -0.1) is 0 Å². The zero-order chi connectivity index (χ0) is 11.4. The number of nitrogens with one attached hydrogen (secondary N) is 1. The van der Waals surface area contributed by atoms with E-state index in [9.17, 15) is 0 Å².